The lowest BCUT2D eigenvalue weighted by Gasteiger charge is -2.04. The first-order valence-electron chi connectivity index (χ1n) is 5.46. The van der Waals surface area contributed by atoms with E-state index in [0.717, 1.165) is 17.2 Å². The number of nitrogens with two attached hydrogens (primary N) is 1. The first-order chi connectivity index (χ1) is 8.17. The number of anilines is 2. The second kappa shape index (κ2) is 5.09. The lowest BCUT2D eigenvalue weighted by molar-refractivity contribution is 1.02. The van der Waals surface area contributed by atoms with Crippen molar-refractivity contribution in [2.75, 3.05) is 11.1 Å². The Morgan fingerprint density at radius 1 is 1.41 bits per heavy atom. The smallest absolute Gasteiger partial charge is 0.132 e. The molecule has 0 saturated carbocycles. The number of nitrogens with zero attached hydrogens (tertiary/aromatic N) is 3. The van der Waals surface area contributed by atoms with Crippen LogP contribution in [0.15, 0.2) is 12.3 Å². The quantitative estimate of drug-likeness (QED) is 0.866. The summed E-state index contributed by atoms with van der Waals surface area (Å²) in [5.74, 6) is 1.89. The number of thiazole rings is 1. The molecule has 3 N–H and O–H groups in total. The van der Waals surface area contributed by atoms with E-state index in [4.69, 9.17) is 5.73 Å². The van der Waals surface area contributed by atoms with Crippen molar-refractivity contribution in [1.82, 2.24) is 15.0 Å². The van der Waals surface area contributed by atoms with Crippen molar-refractivity contribution in [2.45, 2.75) is 26.8 Å². The molecule has 6 heteroatoms. The van der Waals surface area contributed by atoms with Crippen LogP contribution < -0.4 is 11.1 Å². The average molecular weight is 249 g/mol. The van der Waals surface area contributed by atoms with Gasteiger partial charge in [-0.2, -0.15) is 0 Å². The van der Waals surface area contributed by atoms with Crippen LogP contribution in [0.25, 0.3) is 0 Å². The molecule has 0 radical (unpaired) electrons. The highest BCUT2D eigenvalue weighted by Crippen LogP contribution is 2.15. The van der Waals surface area contributed by atoms with Crippen molar-refractivity contribution in [3.8, 4) is 0 Å². The van der Waals surface area contributed by atoms with Crippen molar-refractivity contribution in [3.63, 3.8) is 0 Å². The minimum absolute atomic E-state index is 0.480. The molecule has 0 atom stereocenters. The van der Waals surface area contributed by atoms with Crippen LogP contribution >= 0.6 is 11.3 Å². The molecule has 2 aromatic rings. The molecule has 2 rings (SSSR count). The fraction of sp³-hybridized carbons (Fsp3) is 0.364. The molecular formula is C11H15N5S. The predicted molar refractivity (Wildman–Crippen MR) is 70.0 cm³/mol. The van der Waals surface area contributed by atoms with Crippen molar-refractivity contribution in [3.05, 3.63) is 28.0 Å². The number of nitrogens with one attached hydrogen (secondary N) is 1. The average Bonchev–Trinajstić information content (AvgIpc) is 2.73. The van der Waals surface area contributed by atoms with E-state index in [1.807, 2.05) is 13.1 Å². The highest BCUT2D eigenvalue weighted by molar-refractivity contribution is 7.11. The molecular weight excluding hydrogens is 234 g/mol. The SMILES string of the molecule is CCc1cnc(CNc2cc(N)nc(C)n2)s1. The highest BCUT2D eigenvalue weighted by Gasteiger charge is 2.02. The summed E-state index contributed by atoms with van der Waals surface area (Å²) < 4.78 is 0. The summed E-state index contributed by atoms with van der Waals surface area (Å²) in [6, 6.07) is 1.72. The zero-order valence-corrected chi connectivity index (χ0v) is 10.7. The Morgan fingerprint density at radius 2 is 2.24 bits per heavy atom. The molecule has 0 unspecified atom stereocenters. The van der Waals surface area contributed by atoms with E-state index >= 15 is 0 Å². The van der Waals surface area contributed by atoms with Crippen LogP contribution in [0.3, 0.4) is 0 Å². The van der Waals surface area contributed by atoms with Crippen molar-refractivity contribution in [1.29, 1.82) is 0 Å². The minimum Gasteiger partial charge on any atom is -0.384 e. The van der Waals surface area contributed by atoms with Gasteiger partial charge < -0.3 is 11.1 Å². The highest BCUT2D eigenvalue weighted by atomic mass is 32.1. The predicted octanol–water partition coefficient (Wildman–Crippen LogP) is 2.00. The van der Waals surface area contributed by atoms with E-state index in [0.29, 0.717) is 18.2 Å². The van der Waals surface area contributed by atoms with Gasteiger partial charge in [0.1, 0.15) is 22.5 Å². The van der Waals surface area contributed by atoms with Crippen LogP contribution in [0.5, 0.6) is 0 Å². The van der Waals surface area contributed by atoms with Crippen LogP contribution in [0, 0.1) is 6.92 Å². The molecule has 0 amide bonds. The molecule has 0 bridgehead atoms. The zero-order chi connectivity index (χ0) is 12.3. The standard InChI is InChI=1S/C11H15N5S/c1-3-8-5-14-11(17-8)6-13-10-4-9(12)15-7(2)16-10/h4-5H,3,6H2,1-2H3,(H3,12,13,15,16). The van der Waals surface area contributed by atoms with Gasteiger partial charge in [-0.05, 0) is 13.3 Å². The molecule has 0 fully saturated rings. The molecule has 90 valence electrons. The lowest BCUT2D eigenvalue weighted by atomic mass is 10.4. The fourth-order valence-corrected chi connectivity index (χ4v) is 2.24. The van der Waals surface area contributed by atoms with Gasteiger partial charge in [0.15, 0.2) is 0 Å². The number of aryl methyl sites for hydroxylation is 2. The topological polar surface area (TPSA) is 76.7 Å². The molecule has 0 aliphatic heterocycles. The van der Waals surface area contributed by atoms with Gasteiger partial charge in [0.25, 0.3) is 0 Å². The molecule has 0 aromatic carbocycles. The molecule has 0 saturated heterocycles. The molecule has 2 aromatic heterocycles. The Bertz CT molecular complexity index is 488. The Kier molecular flexibility index (Phi) is 3.53. The molecule has 5 nitrogen and oxygen atoms in total. The van der Waals surface area contributed by atoms with Crippen LogP contribution in [-0.2, 0) is 13.0 Å². The van der Waals surface area contributed by atoms with E-state index < -0.39 is 0 Å². The monoisotopic (exact) mass is 249 g/mol. The first kappa shape index (κ1) is 11.8. The van der Waals surface area contributed by atoms with E-state index in [1.165, 1.54) is 4.88 Å². The van der Waals surface area contributed by atoms with Gasteiger partial charge in [-0.3, -0.25) is 0 Å². The minimum atomic E-state index is 0.480. The van der Waals surface area contributed by atoms with Gasteiger partial charge in [-0.1, -0.05) is 6.92 Å². The fourth-order valence-electron chi connectivity index (χ4n) is 1.44. The third-order valence-corrected chi connectivity index (χ3v) is 3.37. The van der Waals surface area contributed by atoms with Crippen molar-refractivity contribution < 1.29 is 0 Å². The summed E-state index contributed by atoms with van der Waals surface area (Å²) in [6.45, 7) is 4.61. The van der Waals surface area contributed by atoms with Gasteiger partial charge in [0, 0.05) is 17.1 Å². The number of hydrogen-bond donors (Lipinski definition) is 2. The first-order valence-corrected chi connectivity index (χ1v) is 6.27. The third kappa shape index (κ3) is 3.13. The van der Waals surface area contributed by atoms with Crippen molar-refractivity contribution >= 4 is 23.0 Å². The molecule has 2 heterocycles. The van der Waals surface area contributed by atoms with E-state index in [1.54, 1.807) is 17.4 Å². The number of hydrogen-bond acceptors (Lipinski definition) is 6. The van der Waals surface area contributed by atoms with Gasteiger partial charge in [0.2, 0.25) is 0 Å². The molecule has 0 spiro atoms. The Hall–Kier alpha value is -1.69. The molecule has 0 aliphatic carbocycles. The number of aromatic nitrogens is 3. The second-order valence-electron chi connectivity index (χ2n) is 3.65. The largest absolute Gasteiger partial charge is 0.384 e. The summed E-state index contributed by atoms with van der Waals surface area (Å²) in [7, 11) is 0. The molecule has 0 aliphatic rings. The lowest BCUT2D eigenvalue weighted by Crippen LogP contribution is -2.04. The summed E-state index contributed by atoms with van der Waals surface area (Å²) in [4.78, 5) is 13.9. The normalized spacial score (nSPS) is 10.5. The summed E-state index contributed by atoms with van der Waals surface area (Å²) in [6.07, 6.45) is 2.94. The maximum absolute atomic E-state index is 5.65. The Morgan fingerprint density at radius 3 is 2.88 bits per heavy atom. The van der Waals surface area contributed by atoms with E-state index in [-0.39, 0.29) is 0 Å². The van der Waals surface area contributed by atoms with Gasteiger partial charge in [-0.25, -0.2) is 15.0 Å². The Balaban J connectivity index is 2.01. The van der Waals surface area contributed by atoms with Gasteiger partial charge in [-0.15, -0.1) is 11.3 Å². The maximum atomic E-state index is 5.65. The summed E-state index contributed by atoms with van der Waals surface area (Å²) >= 11 is 1.71. The van der Waals surface area contributed by atoms with Crippen LogP contribution in [0.2, 0.25) is 0 Å². The van der Waals surface area contributed by atoms with Gasteiger partial charge in [0.05, 0.1) is 6.54 Å². The molecule has 17 heavy (non-hydrogen) atoms. The zero-order valence-electron chi connectivity index (χ0n) is 9.90. The van der Waals surface area contributed by atoms with Crippen LogP contribution in [0.4, 0.5) is 11.6 Å². The van der Waals surface area contributed by atoms with Crippen LogP contribution in [-0.4, -0.2) is 15.0 Å². The third-order valence-electron chi connectivity index (χ3n) is 2.23. The number of nitrogen functional groups attached to an aromatic ring is 1. The summed E-state index contributed by atoms with van der Waals surface area (Å²) in [5, 5.41) is 4.25. The van der Waals surface area contributed by atoms with E-state index in [2.05, 4.69) is 27.2 Å². The number of rotatable bonds is 4. The van der Waals surface area contributed by atoms with E-state index in [9.17, 15) is 0 Å². The summed E-state index contributed by atoms with van der Waals surface area (Å²) in [5.41, 5.74) is 5.65. The van der Waals surface area contributed by atoms with Crippen LogP contribution in [0.1, 0.15) is 22.6 Å². The second-order valence-corrected chi connectivity index (χ2v) is 4.85. The maximum Gasteiger partial charge on any atom is 0.132 e. The van der Waals surface area contributed by atoms with Crippen molar-refractivity contribution in [2.24, 2.45) is 0 Å². The van der Waals surface area contributed by atoms with Gasteiger partial charge >= 0.3 is 0 Å². The Labute approximate surface area is 104 Å².